The van der Waals surface area contributed by atoms with Crippen LogP contribution in [0.2, 0.25) is 5.02 Å². The minimum absolute atomic E-state index is 0.0755. The first kappa shape index (κ1) is 12.6. The van der Waals surface area contributed by atoms with Crippen molar-refractivity contribution in [1.82, 2.24) is 20.2 Å². The molecule has 7 heteroatoms. The lowest BCUT2D eigenvalue weighted by atomic mass is 10.2. The second kappa shape index (κ2) is 4.90. The van der Waals surface area contributed by atoms with Crippen LogP contribution in [0.3, 0.4) is 0 Å². The van der Waals surface area contributed by atoms with Crippen molar-refractivity contribution in [1.29, 1.82) is 0 Å². The molecule has 6 nitrogen and oxygen atoms in total. The number of aromatic amines is 1. The molecule has 3 aromatic rings. The van der Waals surface area contributed by atoms with Gasteiger partial charge in [-0.2, -0.15) is 0 Å². The molecule has 100 valence electrons. The van der Waals surface area contributed by atoms with Crippen LogP contribution in [0, 0.1) is 6.92 Å². The van der Waals surface area contributed by atoms with Gasteiger partial charge in [0.25, 0.3) is 5.91 Å². The predicted molar refractivity (Wildman–Crippen MR) is 75.8 cm³/mol. The number of pyridine rings is 1. The lowest BCUT2D eigenvalue weighted by Gasteiger charge is -2.07. The quantitative estimate of drug-likeness (QED) is 0.759. The molecule has 0 aliphatic carbocycles. The third kappa shape index (κ3) is 2.33. The van der Waals surface area contributed by atoms with Crippen LogP contribution >= 0.6 is 11.6 Å². The summed E-state index contributed by atoms with van der Waals surface area (Å²) in [4.78, 5) is 20.3. The number of amides is 1. The minimum atomic E-state index is -0.413. The van der Waals surface area contributed by atoms with Crippen molar-refractivity contribution in [3.8, 4) is 0 Å². The van der Waals surface area contributed by atoms with Crippen LogP contribution in [0.15, 0.2) is 30.5 Å². The van der Waals surface area contributed by atoms with Crippen molar-refractivity contribution in [2.45, 2.75) is 6.92 Å². The highest BCUT2D eigenvalue weighted by atomic mass is 35.5. The van der Waals surface area contributed by atoms with Gasteiger partial charge in [0.2, 0.25) is 5.82 Å². The summed E-state index contributed by atoms with van der Waals surface area (Å²) in [5, 5.41) is 10.5. The highest BCUT2D eigenvalue weighted by Gasteiger charge is 2.14. The molecule has 0 aliphatic heterocycles. The number of aromatic nitrogens is 4. The van der Waals surface area contributed by atoms with E-state index in [0.717, 1.165) is 5.39 Å². The molecule has 2 N–H and O–H groups in total. The highest BCUT2D eigenvalue weighted by Crippen LogP contribution is 2.26. The van der Waals surface area contributed by atoms with Gasteiger partial charge in [0.05, 0.1) is 11.2 Å². The average molecular weight is 288 g/mol. The molecule has 0 bridgehead atoms. The SMILES string of the molecule is Cc1nc(C(=O)Nc2cc(Cl)cc3cccnc23)n[nH]1. The summed E-state index contributed by atoms with van der Waals surface area (Å²) in [7, 11) is 0. The molecule has 2 aromatic heterocycles. The zero-order chi connectivity index (χ0) is 14.1. The summed E-state index contributed by atoms with van der Waals surface area (Å²) in [5.74, 6) is 0.236. The van der Waals surface area contributed by atoms with E-state index in [1.165, 1.54) is 0 Å². The smallest absolute Gasteiger partial charge is 0.295 e. The molecule has 1 amide bonds. The first-order chi connectivity index (χ1) is 9.63. The van der Waals surface area contributed by atoms with Crippen LogP contribution in [-0.2, 0) is 0 Å². The number of carbonyl (C=O) groups is 1. The summed E-state index contributed by atoms with van der Waals surface area (Å²) < 4.78 is 0. The zero-order valence-electron chi connectivity index (χ0n) is 10.5. The molecule has 0 aliphatic rings. The molecule has 1 aromatic carbocycles. The molecule has 0 unspecified atom stereocenters. The van der Waals surface area contributed by atoms with Gasteiger partial charge in [0.1, 0.15) is 5.82 Å². The maximum absolute atomic E-state index is 12.1. The van der Waals surface area contributed by atoms with Crippen LogP contribution in [0.4, 0.5) is 5.69 Å². The first-order valence-corrected chi connectivity index (χ1v) is 6.26. The number of nitrogens with zero attached hydrogens (tertiary/aromatic N) is 3. The lowest BCUT2D eigenvalue weighted by Crippen LogP contribution is -2.14. The number of fused-ring (bicyclic) bond motifs is 1. The van der Waals surface area contributed by atoms with E-state index in [4.69, 9.17) is 11.6 Å². The van der Waals surface area contributed by atoms with Crippen molar-refractivity contribution in [3.05, 3.63) is 47.1 Å². The number of nitrogens with one attached hydrogen (secondary N) is 2. The Morgan fingerprint density at radius 1 is 1.40 bits per heavy atom. The number of benzene rings is 1. The molecule has 3 rings (SSSR count). The molecular weight excluding hydrogens is 278 g/mol. The van der Waals surface area contributed by atoms with Gasteiger partial charge in [-0.25, -0.2) is 4.98 Å². The van der Waals surface area contributed by atoms with E-state index in [1.807, 2.05) is 12.1 Å². The van der Waals surface area contributed by atoms with Gasteiger partial charge >= 0.3 is 0 Å². The second-order valence-corrected chi connectivity index (χ2v) is 4.66. The van der Waals surface area contributed by atoms with Crippen molar-refractivity contribution in [2.75, 3.05) is 5.32 Å². The van der Waals surface area contributed by atoms with E-state index >= 15 is 0 Å². The van der Waals surface area contributed by atoms with Gasteiger partial charge in [-0.05, 0) is 25.1 Å². The number of H-pyrrole nitrogens is 1. The monoisotopic (exact) mass is 287 g/mol. The Bertz CT molecular complexity index is 798. The molecule has 0 atom stereocenters. The molecular formula is C13H10ClN5O. The Labute approximate surface area is 119 Å². The Hall–Kier alpha value is -2.47. The van der Waals surface area contributed by atoms with Crippen molar-refractivity contribution < 1.29 is 4.79 Å². The van der Waals surface area contributed by atoms with Gasteiger partial charge in [-0.15, -0.1) is 5.10 Å². The molecule has 0 radical (unpaired) electrons. The van der Waals surface area contributed by atoms with Crippen LogP contribution < -0.4 is 5.32 Å². The van der Waals surface area contributed by atoms with Gasteiger partial charge in [0, 0.05) is 16.6 Å². The number of hydrogen-bond donors (Lipinski definition) is 2. The predicted octanol–water partition coefficient (Wildman–Crippen LogP) is 2.57. The Kier molecular flexibility index (Phi) is 3.08. The topological polar surface area (TPSA) is 83.6 Å². The highest BCUT2D eigenvalue weighted by molar-refractivity contribution is 6.32. The fraction of sp³-hybridized carbons (Fsp3) is 0.0769. The number of halogens is 1. The van der Waals surface area contributed by atoms with E-state index < -0.39 is 5.91 Å². The summed E-state index contributed by atoms with van der Waals surface area (Å²) in [6.45, 7) is 1.72. The molecule has 2 heterocycles. The summed E-state index contributed by atoms with van der Waals surface area (Å²) in [6, 6.07) is 7.12. The number of rotatable bonds is 2. The van der Waals surface area contributed by atoms with E-state index in [0.29, 0.717) is 22.1 Å². The third-order valence-electron chi connectivity index (χ3n) is 2.72. The van der Waals surface area contributed by atoms with Crippen LogP contribution in [-0.4, -0.2) is 26.1 Å². The Balaban J connectivity index is 2.00. The van der Waals surface area contributed by atoms with E-state index in [1.54, 1.807) is 25.3 Å². The summed E-state index contributed by atoms with van der Waals surface area (Å²) >= 11 is 6.04. The number of aryl methyl sites for hydroxylation is 1. The summed E-state index contributed by atoms with van der Waals surface area (Å²) in [6.07, 6.45) is 1.66. The number of hydrogen-bond acceptors (Lipinski definition) is 4. The largest absolute Gasteiger partial charge is 0.317 e. The van der Waals surface area contributed by atoms with Gasteiger partial charge in [-0.3, -0.25) is 14.9 Å². The second-order valence-electron chi connectivity index (χ2n) is 4.23. The van der Waals surface area contributed by atoms with Crippen LogP contribution in [0.1, 0.15) is 16.4 Å². The number of anilines is 1. The molecule has 20 heavy (non-hydrogen) atoms. The van der Waals surface area contributed by atoms with Crippen molar-refractivity contribution in [2.24, 2.45) is 0 Å². The van der Waals surface area contributed by atoms with Gasteiger partial charge in [0.15, 0.2) is 0 Å². The fourth-order valence-electron chi connectivity index (χ4n) is 1.87. The average Bonchev–Trinajstić information content (AvgIpc) is 2.85. The number of carbonyl (C=O) groups excluding carboxylic acids is 1. The maximum atomic E-state index is 12.1. The maximum Gasteiger partial charge on any atom is 0.295 e. The van der Waals surface area contributed by atoms with E-state index in [9.17, 15) is 4.79 Å². The normalized spacial score (nSPS) is 10.7. The van der Waals surface area contributed by atoms with Gasteiger partial charge in [-0.1, -0.05) is 17.7 Å². The molecule has 0 saturated heterocycles. The Morgan fingerprint density at radius 2 is 2.25 bits per heavy atom. The van der Waals surface area contributed by atoms with Crippen molar-refractivity contribution >= 4 is 34.1 Å². The van der Waals surface area contributed by atoms with Crippen LogP contribution in [0.5, 0.6) is 0 Å². The minimum Gasteiger partial charge on any atom is -0.317 e. The standard InChI is InChI=1S/C13H10ClN5O/c1-7-16-12(19-18-7)13(20)17-10-6-9(14)5-8-3-2-4-15-11(8)10/h2-6H,1H3,(H,17,20)(H,16,18,19). The summed E-state index contributed by atoms with van der Waals surface area (Å²) in [5.41, 5.74) is 1.19. The molecule has 0 fully saturated rings. The molecule has 0 spiro atoms. The molecule has 0 saturated carbocycles. The zero-order valence-corrected chi connectivity index (χ0v) is 11.3. The van der Waals surface area contributed by atoms with E-state index in [2.05, 4.69) is 25.5 Å². The van der Waals surface area contributed by atoms with Crippen molar-refractivity contribution in [3.63, 3.8) is 0 Å². The lowest BCUT2D eigenvalue weighted by molar-refractivity contribution is 0.101. The van der Waals surface area contributed by atoms with Gasteiger partial charge < -0.3 is 5.32 Å². The fourth-order valence-corrected chi connectivity index (χ4v) is 2.10. The Morgan fingerprint density at radius 3 is 3.00 bits per heavy atom. The van der Waals surface area contributed by atoms with E-state index in [-0.39, 0.29) is 5.82 Å². The first-order valence-electron chi connectivity index (χ1n) is 5.88. The third-order valence-corrected chi connectivity index (χ3v) is 2.94. The van der Waals surface area contributed by atoms with Crippen LogP contribution in [0.25, 0.3) is 10.9 Å².